The molecular weight excluding hydrogens is 349 g/mol. The van der Waals surface area contributed by atoms with Crippen LogP contribution in [0.1, 0.15) is 35.4 Å². The molecule has 4 rings (SSSR count). The molecule has 3 aromatic rings. The Morgan fingerprint density at radius 1 is 1.11 bits per heavy atom. The lowest BCUT2D eigenvalue weighted by Gasteiger charge is -2.32. The van der Waals surface area contributed by atoms with Crippen molar-refractivity contribution in [3.63, 3.8) is 0 Å². The van der Waals surface area contributed by atoms with E-state index in [9.17, 15) is 4.39 Å². The summed E-state index contributed by atoms with van der Waals surface area (Å²) in [5.41, 5.74) is 7.00. The number of likely N-dealkylation sites (tertiary alicyclic amines) is 1. The van der Waals surface area contributed by atoms with Crippen molar-refractivity contribution >= 4 is 10.9 Å². The lowest BCUT2D eigenvalue weighted by Crippen LogP contribution is -2.37. The Balaban J connectivity index is 1.59. The standard InChI is InChI=1S/C24H30FN3/c1-16-14-20(25)5-6-21(16)24-17(2)22-15-19(4-7-23(22)27-24)18-8-11-28(12-9-18)13-10-26-3/h4-7,14-15,18,26-27H,8-13H2,1-3H3. The molecule has 1 aliphatic rings. The first-order chi connectivity index (χ1) is 13.6. The predicted octanol–water partition coefficient (Wildman–Crippen LogP) is 4.99. The molecule has 1 saturated heterocycles. The molecule has 1 fully saturated rings. The summed E-state index contributed by atoms with van der Waals surface area (Å²) in [7, 11) is 2.02. The second kappa shape index (κ2) is 8.06. The van der Waals surface area contributed by atoms with Crippen molar-refractivity contribution in [2.45, 2.75) is 32.6 Å². The number of rotatable bonds is 5. The molecule has 2 heterocycles. The zero-order valence-corrected chi connectivity index (χ0v) is 17.1. The van der Waals surface area contributed by atoms with Crippen LogP contribution in [0, 0.1) is 19.7 Å². The Labute approximate surface area is 166 Å². The van der Waals surface area contributed by atoms with Crippen LogP contribution in [0.3, 0.4) is 0 Å². The van der Waals surface area contributed by atoms with E-state index >= 15 is 0 Å². The fraction of sp³-hybridized carbons (Fsp3) is 0.417. The molecule has 0 spiro atoms. The number of H-pyrrole nitrogens is 1. The summed E-state index contributed by atoms with van der Waals surface area (Å²) in [6.07, 6.45) is 2.45. The topological polar surface area (TPSA) is 31.1 Å². The van der Waals surface area contributed by atoms with Gasteiger partial charge in [0, 0.05) is 35.2 Å². The number of fused-ring (bicyclic) bond motifs is 1. The van der Waals surface area contributed by atoms with Gasteiger partial charge in [-0.05, 0) is 99.8 Å². The molecule has 0 radical (unpaired) electrons. The Kier molecular flexibility index (Phi) is 5.51. The van der Waals surface area contributed by atoms with Crippen LogP contribution in [0.25, 0.3) is 22.2 Å². The highest BCUT2D eigenvalue weighted by molar-refractivity contribution is 5.91. The largest absolute Gasteiger partial charge is 0.354 e. The van der Waals surface area contributed by atoms with E-state index < -0.39 is 0 Å². The number of aromatic nitrogens is 1. The summed E-state index contributed by atoms with van der Waals surface area (Å²) < 4.78 is 13.5. The van der Waals surface area contributed by atoms with E-state index in [1.165, 1.54) is 42.4 Å². The van der Waals surface area contributed by atoms with Crippen LogP contribution in [0.4, 0.5) is 4.39 Å². The van der Waals surface area contributed by atoms with Gasteiger partial charge in [-0.2, -0.15) is 0 Å². The lowest BCUT2D eigenvalue weighted by atomic mass is 9.88. The van der Waals surface area contributed by atoms with Crippen LogP contribution in [-0.2, 0) is 0 Å². The van der Waals surface area contributed by atoms with E-state index in [2.05, 4.69) is 40.3 Å². The molecule has 148 valence electrons. The molecular formula is C24H30FN3. The minimum absolute atomic E-state index is 0.182. The monoisotopic (exact) mass is 379 g/mol. The van der Waals surface area contributed by atoms with Crippen molar-refractivity contribution in [3.05, 3.63) is 58.9 Å². The summed E-state index contributed by atoms with van der Waals surface area (Å²) in [5.74, 6) is 0.457. The first kappa shape index (κ1) is 19.2. The molecule has 0 bridgehead atoms. The number of nitrogens with one attached hydrogen (secondary N) is 2. The molecule has 1 aromatic heterocycles. The zero-order valence-electron chi connectivity index (χ0n) is 17.1. The Bertz CT molecular complexity index is 967. The summed E-state index contributed by atoms with van der Waals surface area (Å²) in [6, 6.07) is 11.9. The van der Waals surface area contributed by atoms with E-state index in [-0.39, 0.29) is 5.82 Å². The third-order valence-corrected chi connectivity index (χ3v) is 6.28. The van der Waals surface area contributed by atoms with Gasteiger partial charge in [0.05, 0.1) is 0 Å². The van der Waals surface area contributed by atoms with Gasteiger partial charge in [0.25, 0.3) is 0 Å². The third-order valence-electron chi connectivity index (χ3n) is 6.28. The van der Waals surface area contributed by atoms with Crippen molar-refractivity contribution in [1.82, 2.24) is 15.2 Å². The first-order valence-corrected chi connectivity index (χ1v) is 10.3. The minimum atomic E-state index is -0.182. The van der Waals surface area contributed by atoms with Crippen LogP contribution < -0.4 is 5.32 Å². The maximum absolute atomic E-state index is 13.5. The van der Waals surface area contributed by atoms with Gasteiger partial charge >= 0.3 is 0 Å². The Morgan fingerprint density at radius 2 is 1.89 bits per heavy atom. The van der Waals surface area contributed by atoms with E-state index in [0.29, 0.717) is 5.92 Å². The van der Waals surface area contributed by atoms with Gasteiger partial charge in [-0.25, -0.2) is 4.39 Å². The lowest BCUT2D eigenvalue weighted by molar-refractivity contribution is 0.214. The van der Waals surface area contributed by atoms with Crippen LogP contribution in [-0.4, -0.2) is 43.1 Å². The van der Waals surface area contributed by atoms with Crippen molar-refractivity contribution in [3.8, 4) is 11.3 Å². The second-order valence-electron chi connectivity index (χ2n) is 8.11. The highest BCUT2D eigenvalue weighted by atomic mass is 19.1. The van der Waals surface area contributed by atoms with Gasteiger partial charge in [0.1, 0.15) is 5.82 Å². The van der Waals surface area contributed by atoms with E-state index in [1.54, 1.807) is 12.1 Å². The number of nitrogens with zero attached hydrogens (tertiary/aromatic N) is 1. The zero-order chi connectivity index (χ0) is 19.7. The summed E-state index contributed by atoms with van der Waals surface area (Å²) in [5, 5.41) is 4.53. The van der Waals surface area contributed by atoms with Crippen molar-refractivity contribution in [1.29, 1.82) is 0 Å². The minimum Gasteiger partial charge on any atom is -0.354 e. The van der Waals surface area contributed by atoms with Crippen LogP contribution in [0.5, 0.6) is 0 Å². The highest BCUT2D eigenvalue weighted by Crippen LogP contribution is 2.35. The SMILES string of the molecule is CNCCN1CCC(c2ccc3[nH]c(-c4ccc(F)cc4C)c(C)c3c2)CC1. The van der Waals surface area contributed by atoms with Gasteiger partial charge in [0.15, 0.2) is 0 Å². The Morgan fingerprint density at radius 3 is 2.61 bits per heavy atom. The molecule has 3 nitrogen and oxygen atoms in total. The van der Waals surface area contributed by atoms with Gasteiger partial charge in [0.2, 0.25) is 0 Å². The number of hydrogen-bond donors (Lipinski definition) is 2. The molecule has 0 aliphatic carbocycles. The fourth-order valence-electron chi connectivity index (χ4n) is 4.53. The number of aromatic amines is 1. The van der Waals surface area contributed by atoms with E-state index in [4.69, 9.17) is 0 Å². The number of benzene rings is 2. The predicted molar refractivity (Wildman–Crippen MR) is 116 cm³/mol. The van der Waals surface area contributed by atoms with Gasteiger partial charge in [-0.3, -0.25) is 0 Å². The summed E-state index contributed by atoms with van der Waals surface area (Å²) in [4.78, 5) is 6.12. The second-order valence-corrected chi connectivity index (χ2v) is 8.11. The molecule has 0 atom stereocenters. The van der Waals surface area contributed by atoms with Crippen molar-refractivity contribution < 1.29 is 4.39 Å². The maximum atomic E-state index is 13.5. The van der Waals surface area contributed by atoms with Crippen molar-refractivity contribution in [2.24, 2.45) is 0 Å². The molecule has 0 unspecified atom stereocenters. The molecule has 1 aliphatic heterocycles. The number of halogens is 1. The third kappa shape index (κ3) is 3.71. The van der Waals surface area contributed by atoms with Crippen LogP contribution in [0.2, 0.25) is 0 Å². The highest BCUT2D eigenvalue weighted by Gasteiger charge is 2.21. The van der Waals surface area contributed by atoms with Crippen LogP contribution in [0.15, 0.2) is 36.4 Å². The van der Waals surface area contributed by atoms with Gasteiger partial charge < -0.3 is 15.2 Å². The number of aryl methyl sites for hydroxylation is 2. The normalized spacial score (nSPS) is 16.1. The molecule has 4 heteroatoms. The van der Waals surface area contributed by atoms with E-state index in [1.807, 2.05) is 20.0 Å². The molecule has 2 N–H and O–H groups in total. The molecule has 0 amide bonds. The fourth-order valence-corrected chi connectivity index (χ4v) is 4.53. The van der Waals surface area contributed by atoms with Gasteiger partial charge in [-0.15, -0.1) is 0 Å². The van der Waals surface area contributed by atoms with Crippen molar-refractivity contribution in [2.75, 3.05) is 33.2 Å². The smallest absolute Gasteiger partial charge is 0.123 e. The number of piperidine rings is 1. The van der Waals surface area contributed by atoms with E-state index in [0.717, 1.165) is 35.4 Å². The quantitative estimate of drug-likeness (QED) is 0.654. The summed E-state index contributed by atoms with van der Waals surface area (Å²) >= 11 is 0. The maximum Gasteiger partial charge on any atom is 0.123 e. The molecule has 28 heavy (non-hydrogen) atoms. The Hall–Kier alpha value is -2.17. The number of hydrogen-bond acceptors (Lipinski definition) is 2. The number of likely N-dealkylation sites (N-methyl/N-ethyl adjacent to an activating group) is 1. The molecule has 2 aromatic carbocycles. The van der Waals surface area contributed by atoms with Gasteiger partial charge in [-0.1, -0.05) is 6.07 Å². The molecule has 0 saturated carbocycles. The first-order valence-electron chi connectivity index (χ1n) is 10.3. The average Bonchev–Trinajstić information content (AvgIpc) is 3.03. The van der Waals surface area contributed by atoms with Crippen LogP contribution >= 0.6 is 0 Å². The summed E-state index contributed by atoms with van der Waals surface area (Å²) in [6.45, 7) is 8.69. The average molecular weight is 380 g/mol.